The van der Waals surface area contributed by atoms with E-state index in [1.54, 1.807) is 18.2 Å². The summed E-state index contributed by atoms with van der Waals surface area (Å²) >= 11 is 6.15. The molecule has 2 aromatic carbocycles. The Morgan fingerprint density at radius 1 is 1.11 bits per heavy atom. The van der Waals surface area contributed by atoms with Gasteiger partial charge in [-0.05, 0) is 43.3 Å². The zero-order valence-electron chi connectivity index (χ0n) is 15.7. The van der Waals surface area contributed by atoms with Crippen LogP contribution < -0.4 is 19.5 Å². The van der Waals surface area contributed by atoms with E-state index in [9.17, 15) is 4.79 Å². The average Bonchev–Trinajstić information content (AvgIpc) is 3.19. The van der Waals surface area contributed by atoms with Gasteiger partial charge in [0.1, 0.15) is 22.9 Å². The molecule has 0 saturated carbocycles. The highest BCUT2D eigenvalue weighted by Gasteiger charge is 2.16. The molecule has 1 heterocycles. The van der Waals surface area contributed by atoms with E-state index in [0.29, 0.717) is 40.2 Å². The van der Waals surface area contributed by atoms with Gasteiger partial charge in [-0.1, -0.05) is 11.6 Å². The van der Waals surface area contributed by atoms with Gasteiger partial charge in [-0.2, -0.15) is 5.10 Å². The van der Waals surface area contributed by atoms with Crippen LogP contribution in [0.3, 0.4) is 0 Å². The first-order valence-corrected chi connectivity index (χ1v) is 8.95. The van der Waals surface area contributed by atoms with Crippen LogP contribution in [0, 0.1) is 0 Å². The molecule has 0 saturated heterocycles. The lowest BCUT2D eigenvalue weighted by Crippen LogP contribution is -2.13. The Morgan fingerprint density at radius 3 is 2.46 bits per heavy atom. The molecule has 0 unspecified atom stereocenters. The standard InChI is InChI=1S/C20H20ClN3O4/c1-4-28-13-7-5-12(6-8-13)15-10-17(24-23-15)20(25)22-16-9-14(21)18(26-2)11-19(16)27-3/h5-11H,4H2,1-3H3,(H,22,25)(H,23,24). The number of carbonyl (C=O) groups excluding carboxylic acids is 1. The van der Waals surface area contributed by atoms with Crippen LogP contribution in [0.25, 0.3) is 11.3 Å². The van der Waals surface area contributed by atoms with Crippen LogP contribution in [-0.4, -0.2) is 36.9 Å². The average molecular weight is 402 g/mol. The summed E-state index contributed by atoms with van der Waals surface area (Å²) < 4.78 is 15.9. The van der Waals surface area contributed by atoms with Crippen molar-refractivity contribution in [2.75, 3.05) is 26.1 Å². The van der Waals surface area contributed by atoms with Gasteiger partial charge in [0.05, 0.1) is 37.2 Å². The second-order valence-corrected chi connectivity index (χ2v) is 6.17. The van der Waals surface area contributed by atoms with Crippen LogP contribution in [0.5, 0.6) is 17.2 Å². The third kappa shape index (κ3) is 4.20. The minimum Gasteiger partial charge on any atom is -0.495 e. The SMILES string of the molecule is CCOc1ccc(-c2cc(C(=O)Nc3cc(Cl)c(OC)cc3OC)[nH]n2)cc1. The van der Waals surface area contributed by atoms with E-state index >= 15 is 0 Å². The number of nitrogens with zero attached hydrogens (tertiary/aromatic N) is 1. The number of ether oxygens (including phenoxy) is 3. The van der Waals surface area contributed by atoms with Crippen LogP contribution in [0.1, 0.15) is 17.4 Å². The van der Waals surface area contributed by atoms with Crippen molar-refractivity contribution in [3.63, 3.8) is 0 Å². The van der Waals surface area contributed by atoms with Crippen LogP contribution >= 0.6 is 11.6 Å². The van der Waals surface area contributed by atoms with E-state index in [0.717, 1.165) is 11.3 Å². The number of nitrogens with one attached hydrogen (secondary N) is 2. The lowest BCUT2D eigenvalue weighted by Gasteiger charge is -2.12. The van der Waals surface area contributed by atoms with Crippen molar-refractivity contribution >= 4 is 23.2 Å². The van der Waals surface area contributed by atoms with Gasteiger partial charge in [0.2, 0.25) is 0 Å². The van der Waals surface area contributed by atoms with E-state index in [4.69, 9.17) is 25.8 Å². The van der Waals surface area contributed by atoms with Crippen molar-refractivity contribution in [2.45, 2.75) is 6.92 Å². The quantitative estimate of drug-likeness (QED) is 0.613. The number of rotatable bonds is 7. The molecule has 7 nitrogen and oxygen atoms in total. The largest absolute Gasteiger partial charge is 0.495 e. The minimum absolute atomic E-state index is 0.304. The highest BCUT2D eigenvalue weighted by atomic mass is 35.5. The number of hydrogen-bond donors (Lipinski definition) is 2. The van der Waals surface area contributed by atoms with Crippen LogP contribution in [0.4, 0.5) is 5.69 Å². The van der Waals surface area contributed by atoms with Gasteiger partial charge in [0, 0.05) is 11.6 Å². The van der Waals surface area contributed by atoms with E-state index in [1.165, 1.54) is 14.2 Å². The Kier molecular flexibility index (Phi) is 6.06. The van der Waals surface area contributed by atoms with Crippen molar-refractivity contribution in [1.29, 1.82) is 0 Å². The smallest absolute Gasteiger partial charge is 0.273 e. The molecule has 0 atom stereocenters. The summed E-state index contributed by atoms with van der Waals surface area (Å²) in [5.74, 6) is 1.30. The second-order valence-electron chi connectivity index (χ2n) is 5.77. The maximum absolute atomic E-state index is 12.6. The maximum Gasteiger partial charge on any atom is 0.273 e. The number of carbonyl (C=O) groups is 1. The molecule has 3 rings (SSSR count). The fourth-order valence-corrected chi connectivity index (χ4v) is 2.86. The number of aromatic amines is 1. The van der Waals surface area contributed by atoms with E-state index < -0.39 is 0 Å². The van der Waals surface area contributed by atoms with Crippen molar-refractivity contribution in [3.8, 4) is 28.5 Å². The molecule has 0 spiro atoms. The first-order chi connectivity index (χ1) is 13.5. The van der Waals surface area contributed by atoms with Gasteiger partial charge in [-0.15, -0.1) is 0 Å². The monoisotopic (exact) mass is 401 g/mol. The van der Waals surface area contributed by atoms with E-state index in [1.807, 2.05) is 31.2 Å². The maximum atomic E-state index is 12.6. The molecule has 1 aromatic heterocycles. The summed E-state index contributed by atoms with van der Waals surface area (Å²) in [7, 11) is 3.00. The van der Waals surface area contributed by atoms with Gasteiger partial charge in [0.25, 0.3) is 5.91 Å². The molecule has 146 valence electrons. The van der Waals surface area contributed by atoms with Gasteiger partial charge in [-0.3, -0.25) is 9.89 Å². The Labute approximate surface area is 167 Å². The minimum atomic E-state index is -0.371. The Bertz CT molecular complexity index is 970. The first-order valence-electron chi connectivity index (χ1n) is 8.57. The molecule has 3 aromatic rings. The number of hydrogen-bond acceptors (Lipinski definition) is 5. The van der Waals surface area contributed by atoms with E-state index in [2.05, 4.69) is 15.5 Å². The molecule has 8 heteroatoms. The van der Waals surface area contributed by atoms with Gasteiger partial charge in [0.15, 0.2) is 0 Å². The zero-order chi connectivity index (χ0) is 20.1. The van der Waals surface area contributed by atoms with Crippen molar-refractivity contribution < 1.29 is 19.0 Å². The summed E-state index contributed by atoms with van der Waals surface area (Å²) in [6.07, 6.45) is 0. The number of benzene rings is 2. The molecular weight excluding hydrogens is 382 g/mol. The van der Waals surface area contributed by atoms with Gasteiger partial charge >= 0.3 is 0 Å². The number of methoxy groups -OCH3 is 2. The molecule has 28 heavy (non-hydrogen) atoms. The molecule has 0 aliphatic heterocycles. The normalized spacial score (nSPS) is 10.4. The lowest BCUT2D eigenvalue weighted by molar-refractivity contribution is 0.102. The third-order valence-electron chi connectivity index (χ3n) is 4.01. The highest BCUT2D eigenvalue weighted by Crippen LogP contribution is 2.36. The van der Waals surface area contributed by atoms with E-state index in [-0.39, 0.29) is 5.91 Å². The van der Waals surface area contributed by atoms with Crippen molar-refractivity contribution in [1.82, 2.24) is 10.2 Å². The molecule has 2 N–H and O–H groups in total. The Morgan fingerprint density at radius 2 is 1.82 bits per heavy atom. The summed E-state index contributed by atoms with van der Waals surface area (Å²) in [6.45, 7) is 2.53. The van der Waals surface area contributed by atoms with Crippen LogP contribution in [0.2, 0.25) is 5.02 Å². The first kappa shape index (κ1) is 19.6. The lowest BCUT2D eigenvalue weighted by atomic mass is 10.1. The third-order valence-corrected chi connectivity index (χ3v) is 4.30. The predicted molar refractivity (Wildman–Crippen MR) is 108 cm³/mol. The fourth-order valence-electron chi connectivity index (χ4n) is 2.62. The van der Waals surface area contributed by atoms with Crippen molar-refractivity contribution in [3.05, 3.63) is 53.2 Å². The molecule has 0 fully saturated rings. The summed E-state index contributed by atoms with van der Waals surface area (Å²) in [6, 6.07) is 12.3. The predicted octanol–water partition coefficient (Wildman–Crippen LogP) is 4.40. The van der Waals surface area contributed by atoms with Crippen LogP contribution in [-0.2, 0) is 0 Å². The Balaban J connectivity index is 1.78. The molecule has 1 amide bonds. The summed E-state index contributed by atoms with van der Waals surface area (Å²) in [5, 5.41) is 10.1. The second kappa shape index (κ2) is 8.67. The Hall–Kier alpha value is -3.19. The van der Waals surface area contributed by atoms with Gasteiger partial charge in [-0.25, -0.2) is 0 Å². The number of anilines is 1. The van der Waals surface area contributed by atoms with Crippen molar-refractivity contribution in [2.24, 2.45) is 0 Å². The zero-order valence-corrected chi connectivity index (χ0v) is 16.5. The number of halogens is 1. The summed E-state index contributed by atoms with van der Waals surface area (Å²) in [5.41, 5.74) is 2.24. The van der Waals surface area contributed by atoms with Crippen LogP contribution in [0.15, 0.2) is 42.5 Å². The molecular formula is C20H20ClN3O4. The fraction of sp³-hybridized carbons (Fsp3) is 0.200. The number of amides is 1. The molecule has 0 aliphatic rings. The topological polar surface area (TPSA) is 85.5 Å². The molecule has 0 bridgehead atoms. The number of H-pyrrole nitrogens is 1. The molecule has 0 radical (unpaired) electrons. The number of aromatic nitrogens is 2. The molecule has 0 aliphatic carbocycles. The highest BCUT2D eigenvalue weighted by molar-refractivity contribution is 6.32. The van der Waals surface area contributed by atoms with Gasteiger partial charge < -0.3 is 19.5 Å². The summed E-state index contributed by atoms with van der Waals surface area (Å²) in [4.78, 5) is 12.6.